The first-order chi connectivity index (χ1) is 8.99. The minimum absolute atomic E-state index is 0.0804. The third-order valence-corrected chi connectivity index (χ3v) is 2.65. The topological polar surface area (TPSA) is 83.5 Å². The van der Waals surface area contributed by atoms with Gasteiger partial charge in [-0.3, -0.25) is 4.79 Å². The van der Waals surface area contributed by atoms with Crippen molar-refractivity contribution in [2.24, 2.45) is 5.92 Å². The summed E-state index contributed by atoms with van der Waals surface area (Å²) in [6.45, 7) is 3.63. The maximum absolute atomic E-state index is 12.0. The number of carbonyl (C=O) groups is 2. The van der Waals surface area contributed by atoms with E-state index in [1.807, 2.05) is 13.8 Å². The van der Waals surface area contributed by atoms with Crippen molar-refractivity contribution < 1.29 is 14.3 Å². The average Bonchev–Trinajstić information content (AvgIpc) is 2.43. The van der Waals surface area contributed by atoms with Crippen molar-refractivity contribution in [3.05, 3.63) is 34.8 Å². The summed E-state index contributed by atoms with van der Waals surface area (Å²) in [7, 11) is 1.28. The first-order valence-electron chi connectivity index (χ1n) is 5.83. The molecule has 1 aromatic carbocycles. The molecule has 0 spiro atoms. The standard InChI is InChI=1S/C13H15N3O3/c1-8(2)11(13(18)19-3)15-12(17)9-4-6-10(16-14)7-5-9/h4-8,11H,1-3H3/p+1. The SMILES string of the molecule is COC(=O)C(NC(=O)c1ccc([N+]#N)cc1)C(C)C. The fourth-order valence-electron chi connectivity index (χ4n) is 1.53. The van der Waals surface area contributed by atoms with Gasteiger partial charge in [0.25, 0.3) is 5.91 Å². The first kappa shape index (κ1) is 14.6. The van der Waals surface area contributed by atoms with E-state index in [2.05, 4.69) is 15.0 Å². The largest absolute Gasteiger partial charge is 0.467 e. The van der Waals surface area contributed by atoms with E-state index in [1.54, 1.807) is 0 Å². The monoisotopic (exact) mass is 262 g/mol. The Labute approximate surface area is 111 Å². The fourth-order valence-corrected chi connectivity index (χ4v) is 1.53. The third kappa shape index (κ3) is 3.78. The number of carbonyl (C=O) groups excluding carboxylic acids is 2. The molecule has 0 radical (unpaired) electrons. The van der Waals surface area contributed by atoms with Gasteiger partial charge in [-0.2, -0.15) is 0 Å². The van der Waals surface area contributed by atoms with E-state index in [-0.39, 0.29) is 11.8 Å². The zero-order valence-corrected chi connectivity index (χ0v) is 11.1. The highest BCUT2D eigenvalue weighted by Gasteiger charge is 2.25. The van der Waals surface area contributed by atoms with Crippen LogP contribution in [0.15, 0.2) is 24.3 Å². The van der Waals surface area contributed by atoms with E-state index in [0.29, 0.717) is 11.3 Å². The number of esters is 1. The number of amides is 1. The molecule has 0 heterocycles. The Kier molecular flexibility index (Phi) is 5.01. The van der Waals surface area contributed by atoms with Crippen molar-refractivity contribution in [2.45, 2.75) is 19.9 Å². The molecular weight excluding hydrogens is 246 g/mol. The van der Waals surface area contributed by atoms with Crippen molar-refractivity contribution in [2.75, 3.05) is 7.11 Å². The summed E-state index contributed by atoms with van der Waals surface area (Å²) in [6, 6.07) is 5.33. The highest BCUT2D eigenvalue weighted by atomic mass is 16.5. The molecule has 1 unspecified atom stereocenters. The molecule has 0 saturated carbocycles. The number of benzene rings is 1. The van der Waals surface area contributed by atoms with Crippen molar-refractivity contribution in [3.8, 4) is 0 Å². The summed E-state index contributed by atoms with van der Waals surface area (Å²) < 4.78 is 4.65. The van der Waals surface area contributed by atoms with E-state index >= 15 is 0 Å². The summed E-state index contributed by atoms with van der Waals surface area (Å²) >= 11 is 0. The summed E-state index contributed by atoms with van der Waals surface area (Å²) in [5.41, 5.74) is 0.729. The molecule has 0 aliphatic rings. The molecule has 1 amide bonds. The van der Waals surface area contributed by atoms with Crippen LogP contribution < -0.4 is 5.32 Å². The Morgan fingerprint density at radius 2 is 1.84 bits per heavy atom. The van der Waals surface area contributed by atoms with Gasteiger partial charge < -0.3 is 10.1 Å². The third-order valence-electron chi connectivity index (χ3n) is 2.65. The zero-order chi connectivity index (χ0) is 14.4. The molecule has 0 aromatic heterocycles. The fraction of sp³-hybridized carbons (Fsp3) is 0.385. The maximum Gasteiger partial charge on any atom is 0.385 e. The molecule has 100 valence electrons. The van der Waals surface area contributed by atoms with Crippen LogP contribution in [0, 0.1) is 11.3 Å². The average molecular weight is 262 g/mol. The van der Waals surface area contributed by atoms with Gasteiger partial charge in [-0.05, 0) is 18.1 Å². The lowest BCUT2D eigenvalue weighted by Gasteiger charge is -2.19. The van der Waals surface area contributed by atoms with Gasteiger partial charge in [0.2, 0.25) is 5.39 Å². The minimum Gasteiger partial charge on any atom is -0.467 e. The second-order valence-corrected chi connectivity index (χ2v) is 4.37. The quantitative estimate of drug-likeness (QED) is 0.665. The summed E-state index contributed by atoms with van der Waals surface area (Å²) in [4.78, 5) is 26.5. The van der Waals surface area contributed by atoms with Gasteiger partial charge in [0.1, 0.15) is 6.04 Å². The van der Waals surface area contributed by atoms with E-state index in [0.717, 1.165) is 0 Å². The molecule has 0 aliphatic heterocycles. The second-order valence-electron chi connectivity index (χ2n) is 4.37. The van der Waals surface area contributed by atoms with Crippen LogP contribution in [-0.4, -0.2) is 25.0 Å². The molecule has 0 fully saturated rings. The first-order valence-corrected chi connectivity index (χ1v) is 5.83. The minimum atomic E-state index is -0.695. The van der Waals surface area contributed by atoms with Crippen molar-refractivity contribution in [1.82, 2.24) is 5.32 Å². The van der Waals surface area contributed by atoms with Crippen molar-refractivity contribution >= 4 is 17.6 Å². The summed E-state index contributed by atoms with van der Waals surface area (Å²) in [6.07, 6.45) is 0. The van der Waals surface area contributed by atoms with Gasteiger partial charge in [0.15, 0.2) is 4.98 Å². The molecule has 1 aromatic rings. The van der Waals surface area contributed by atoms with Crippen LogP contribution in [0.4, 0.5) is 5.69 Å². The lowest BCUT2D eigenvalue weighted by atomic mass is 10.0. The predicted molar refractivity (Wildman–Crippen MR) is 69.3 cm³/mol. The number of rotatable bonds is 4. The molecule has 1 N–H and O–H groups in total. The zero-order valence-electron chi connectivity index (χ0n) is 11.1. The molecule has 1 rings (SSSR count). The number of hydrogen-bond donors (Lipinski definition) is 1. The van der Waals surface area contributed by atoms with Crippen LogP contribution in [0.1, 0.15) is 24.2 Å². The number of nitrogens with zero attached hydrogens (tertiary/aromatic N) is 2. The summed E-state index contributed by atoms with van der Waals surface area (Å²) in [5.74, 6) is -0.943. The maximum atomic E-state index is 12.0. The smallest absolute Gasteiger partial charge is 0.385 e. The van der Waals surface area contributed by atoms with Crippen LogP contribution in [0.5, 0.6) is 0 Å². The molecule has 0 bridgehead atoms. The number of methoxy groups -OCH3 is 1. The Hall–Kier alpha value is -2.42. The Morgan fingerprint density at radius 3 is 2.26 bits per heavy atom. The van der Waals surface area contributed by atoms with E-state index < -0.39 is 12.0 Å². The van der Waals surface area contributed by atoms with Crippen LogP contribution in [0.25, 0.3) is 4.98 Å². The Bertz CT molecular complexity index is 503. The number of nitrogens with one attached hydrogen (secondary N) is 1. The number of ether oxygens (including phenoxy) is 1. The molecule has 1 atom stereocenters. The molecule has 19 heavy (non-hydrogen) atoms. The normalized spacial score (nSPS) is 11.5. The predicted octanol–water partition coefficient (Wildman–Crippen LogP) is 2.10. The molecule has 0 aliphatic carbocycles. The van der Waals surface area contributed by atoms with Crippen LogP contribution >= 0.6 is 0 Å². The summed E-state index contributed by atoms with van der Waals surface area (Å²) in [5, 5.41) is 11.2. The number of hydrogen-bond acceptors (Lipinski definition) is 4. The van der Waals surface area contributed by atoms with Crippen molar-refractivity contribution in [1.29, 1.82) is 5.39 Å². The molecule has 6 heteroatoms. The van der Waals surface area contributed by atoms with E-state index in [9.17, 15) is 9.59 Å². The van der Waals surface area contributed by atoms with Gasteiger partial charge >= 0.3 is 11.7 Å². The molecule has 0 saturated heterocycles. The van der Waals surface area contributed by atoms with Gasteiger partial charge in [-0.15, -0.1) is 0 Å². The molecular formula is C13H16N3O3+. The number of diazo groups is 1. The van der Waals surface area contributed by atoms with Gasteiger partial charge in [0, 0.05) is 17.7 Å². The van der Waals surface area contributed by atoms with Crippen molar-refractivity contribution in [3.63, 3.8) is 0 Å². The lowest BCUT2D eigenvalue weighted by Crippen LogP contribution is -2.45. The second kappa shape index (κ2) is 6.50. The van der Waals surface area contributed by atoms with Gasteiger partial charge in [-0.25, -0.2) is 4.79 Å². The Balaban J connectivity index is 2.82. The Morgan fingerprint density at radius 1 is 1.26 bits per heavy atom. The van der Waals surface area contributed by atoms with E-state index in [4.69, 9.17) is 5.39 Å². The van der Waals surface area contributed by atoms with Gasteiger partial charge in [-0.1, -0.05) is 13.8 Å². The molecule has 6 nitrogen and oxygen atoms in total. The highest BCUT2D eigenvalue weighted by molar-refractivity contribution is 5.97. The van der Waals surface area contributed by atoms with Crippen LogP contribution in [0.3, 0.4) is 0 Å². The lowest BCUT2D eigenvalue weighted by molar-refractivity contribution is -0.144. The van der Waals surface area contributed by atoms with Crippen LogP contribution in [0.2, 0.25) is 0 Å². The van der Waals surface area contributed by atoms with E-state index in [1.165, 1.54) is 31.4 Å². The van der Waals surface area contributed by atoms with Gasteiger partial charge in [0.05, 0.1) is 7.11 Å². The van der Waals surface area contributed by atoms with Crippen LogP contribution in [-0.2, 0) is 9.53 Å². The highest BCUT2D eigenvalue weighted by Crippen LogP contribution is 2.13.